The Kier molecular flexibility index (Phi) is 8.28. The van der Waals surface area contributed by atoms with Crippen LogP contribution in [0.15, 0.2) is 22.3 Å². The maximum absolute atomic E-state index is 11.7. The van der Waals surface area contributed by atoms with Gasteiger partial charge in [0.15, 0.2) is 0 Å². The molecule has 10 radical (unpaired) electrons. The zero-order chi connectivity index (χ0) is 16.1. The first-order chi connectivity index (χ1) is 10.5. The number of rotatable bonds is 1. The number of carbonyl (C=O) groups excluding carboxylic acids is 2. The van der Waals surface area contributed by atoms with Crippen LogP contribution in [-0.4, -0.2) is 11.9 Å². The molecule has 120 valence electrons. The van der Waals surface area contributed by atoms with Crippen molar-refractivity contribution in [2.45, 2.75) is 20.8 Å². The van der Waals surface area contributed by atoms with Gasteiger partial charge in [-0.3, -0.25) is 0 Å². The minimum atomic E-state index is -0.551. The van der Waals surface area contributed by atoms with E-state index in [1.54, 1.807) is 13.8 Å². The van der Waals surface area contributed by atoms with Gasteiger partial charge >= 0.3 is 11.9 Å². The molecule has 23 heavy (non-hydrogen) atoms. The van der Waals surface area contributed by atoms with Crippen LogP contribution in [0.1, 0.15) is 20.8 Å². The van der Waals surface area contributed by atoms with Gasteiger partial charge in [-0.05, 0) is 78.6 Å². The minimum Gasteiger partial charge on any atom is -0.386 e. The molecular weight excluding hydrogens is 332 g/mol. The second kappa shape index (κ2) is 9.44. The van der Waals surface area contributed by atoms with E-state index in [1.807, 2.05) is 64.7 Å². The molecule has 0 aromatic heterocycles. The van der Waals surface area contributed by atoms with E-state index in [0.29, 0.717) is 11.1 Å². The largest absolute Gasteiger partial charge is 0.386 e. The summed E-state index contributed by atoms with van der Waals surface area (Å²) in [5.74, 6) is -0.161. The molecule has 0 aromatic carbocycles. The summed E-state index contributed by atoms with van der Waals surface area (Å²) in [4.78, 5) is 23.3. The van der Waals surface area contributed by atoms with Gasteiger partial charge in [0.25, 0.3) is 0 Å². The second-order valence-electron chi connectivity index (χ2n) is 5.19. The van der Waals surface area contributed by atoms with E-state index in [0.717, 1.165) is 17.1 Å². The van der Waals surface area contributed by atoms with Gasteiger partial charge in [-0.2, -0.15) is 0 Å². The van der Waals surface area contributed by atoms with E-state index < -0.39 is 11.9 Å². The standard InChI is InChI=1S/C14H13O3.C5H5.Fe/c1-8(2)11-12(14(16)17-13(11)15)9(3)10-6-4-5-7-10;1-2-4-5-3-1;/h4-7H,1-3H3;1-5H;/b12-9-;;. The van der Waals surface area contributed by atoms with Crippen LogP contribution in [0.3, 0.4) is 0 Å². The van der Waals surface area contributed by atoms with Crippen LogP contribution in [0.5, 0.6) is 0 Å². The predicted molar refractivity (Wildman–Crippen MR) is 84.1 cm³/mol. The summed E-state index contributed by atoms with van der Waals surface area (Å²) in [6.07, 6.45) is 17.6. The number of esters is 2. The fourth-order valence-electron chi connectivity index (χ4n) is 2.27. The van der Waals surface area contributed by atoms with Gasteiger partial charge in [0, 0.05) is 23.0 Å². The Morgan fingerprint density at radius 3 is 1.61 bits per heavy atom. The van der Waals surface area contributed by atoms with Gasteiger partial charge in [-0.25, -0.2) is 9.59 Å². The number of carbonyl (C=O) groups is 2. The monoisotopic (exact) mass is 350 g/mol. The number of hydrogen-bond donors (Lipinski definition) is 0. The van der Waals surface area contributed by atoms with E-state index in [4.69, 9.17) is 0 Å². The molecule has 1 saturated heterocycles. The van der Waals surface area contributed by atoms with Gasteiger partial charge in [0.2, 0.25) is 0 Å². The van der Waals surface area contributed by atoms with Crippen molar-refractivity contribution in [3.05, 3.63) is 86.0 Å². The van der Waals surface area contributed by atoms with Gasteiger partial charge in [-0.15, -0.1) is 0 Å². The predicted octanol–water partition coefficient (Wildman–Crippen LogP) is 3.15. The Bertz CT molecular complexity index is 495. The first-order valence-corrected chi connectivity index (χ1v) is 7.06. The zero-order valence-corrected chi connectivity index (χ0v) is 14.4. The molecule has 0 aromatic rings. The summed E-state index contributed by atoms with van der Waals surface area (Å²) in [6, 6.07) is 0. The third-order valence-electron chi connectivity index (χ3n) is 3.37. The molecule has 1 heterocycles. The zero-order valence-electron chi connectivity index (χ0n) is 13.3. The van der Waals surface area contributed by atoms with Gasteiger partial charge in [0.1, 0.15) is 0 Å². The Balaban J connectivity index is 0.000000377. The summed E-state index contributed by atoms with van der Waals surface area (Å²) in [6.45, 7) is 5.42. The quantitative estimate of drug-likeness (QED) is 0.316. The third kappa shape index (κ3) is 5.06. The topological polar surface area (TPSA) is 43.4 Å². The van der Waals surface area contributed by atoms with Crippen molar-refractivity contribution < 1.29 is 31.4 Å². The summed E-state index contributed by atoms with van der Waals surface area (Å²) < 4.78 is 4.67. The minimum absolute atomic E-state index is 0. The molecule has 3 nitrogen and oxygen atoms in total. The van der Waals surface area contributed by atoms with Crippen LogP contribution in [0.4, 0.5) is 0 Å². The molecule has 2 saturated carbocycles. The van der Waals surface area contributed by atoms with Crippen molar-refractivity contribution in [3.8, 4) is 0 Å². The van der Waals surface area contributed by atoms with Crippen molar-refractivity contribution in [1.29, 1.82) is 0 Å². The van der Waals surface area contributed by atoms with E-state index in [-0.39, 0.29) is 17.1 Å². The number of allylic oxidation sites excluding steroid dienone is 2. The van der Waals surface area contributed by atoms with Crippen molar-refractivity contribution >= 4 is 11.9 Å². The fraction of sp³-hybridized carbons (Fsp3) is 0.158. The Labute approximate surface area is 150 Å². The SMILES string of the molecule is CC(C)=C1C(=O)OC(=O)/C1=C(/C)[C]1[CH][CH][CH][CH]1.[CH]1[CH][CH][CH][CH]1.[Fe]. The molecule has 0 atom stereocenters. The number of ether oxygens (including phenoxy) is 1. The molecule has 0 N–H and O–H groups in total. The summed E-state index contributed by atoms with van der Waals surface area (Å²) in [5, 5.41) is 0. The van der Waals surface area contributed by atoms with Gasteiger partial charge in [0.05, 0.1) is 11.1 Å². The summed E-state index contributed by atoms with van der Waals surface area (Å²) in [7, 11) is 0. The molecule has 2 aliphatic carbocycles. The molecule has 3 aliphatic rings. The first kappa shape index (κ1) is 20.2. The van der Waals surface area contributed by atoms with Crippen molar-refractivity contribution in [2.24, 2.45) is 0 Å². The molecule has 0 bridgehead atoms. The normalized spacial score (nSPS) is 23.2. The van der Waals surface area contributed by atoms with Crippen LogP contribution in [-0.2, 0) is 31.4 Å². The maximum atomic E-state index is 11.7. The average Bonchev–Trinajstić information content (AvgIpc) is 3.21. The molecular formula is C19H18FeO3. The van der Waals surface area contributed by atoms with E-state index >= 15 is 0 Å². The van der Waals surface area contributed by atoms with Crippen LogP contribution in [0.25, 0.3) is 0 Å². The second-order valence-corrected chi connectivity index (χ2v) is 5.19. The van der Waals surface area contributed by atoms with Gasteiger partial charge < -0.3 is 4.74 Å². The number of cyclic esters (lactones) is 2. The van der Waals surface area contributed by atoms with E-state index in [2.05, 4.69) is 4.74 Å². The third-order valence-corrected chi connectivity index (χ3v) is 3.37. The van der Waals surface area contributed by atoms with Gasteiger partial charge in [-0.1, -0.05) is 11.1 Å². The van der Waals surface area contributed by atoms with Crippen LogP contribution in [0, 0.1) is 63.7 Å². The van der Waals surface area contributed by atoms with Crippen molar-refractivity contribution in [1.82, 2.24) is 0 Å². The first-order valence-electron chi connectivity index (χ1n) is 7.06. The average molecular weight is 350 g/mol. The van der Waals surface area contributed by atoms with E-state index in [1.165, 1.54) is 0 Å². The smallest absolute Gasteiger partial charge is 0.346 e. The van der Waals surface area contributed by atoms with Crippen molar-refractivity contribution in [3.63, 3.8) is 0 Å². The van der Waals surface area contributed by atoms with E-state index in [9.17, 15) is 9.59 Å². The molecule has 0 unspecified atom stereocenters. The number of hydrogen-bond acceptors (Lipinski definition) is 3. The maximum Gasteiger partial charge on any atom is 0.346 e. The summed E-state index contributed by atoms with van der Waals surface area (Å²) >= 11 is 0. The molecule has 3 rings (SSSR count). The molecule has 4 heteroatoms. The molecule has 1 aliphatic heterocycles. The van der Waals surface area contributed by atoms with Crippen LogP contribution >= 0.6 is 0 Å². The van der Waals surface area contributed by atoms with Crippen LogP contribution < -0.4 is 0 Å². The Morgan fingerprint density at radius 1 is 0.739 bits per heavy atom. The molecule has 0 spiro atoms. The fourth-order valence-corrected chi connectivity index (χ4v) is 2.27. The Morgan fingerprint density at radius 2 is 1.17 bits per heavy atom. The molecule has 3 fully saturated rings. The summed E-state index contributed by atoms with van der Waals surface area (Å²) in [5.41, 5.74) is 2.36. The van der Waals surface area contributed by atoms with Crippen LogP contribution in [0.2, 0.25) is 0 Å². The Hall–Kier alpha value is -0.861. The molecule has 0 amide bonds. The van der Waals surface area contributed by atoms with Crippen molar-refractivity contribution in [2.75, 3.05) is 0 Å².